The summed E-state index contributed by atoms with van der Waals surface area (Å²) in [5, 5.41) is 2.71. The van der Waals surface area contributed by atoms with Gasteiger partial charge in [-0.25, -0.2) is 13.1 Å². The van der Waals surface area contributed by atoms with Gasteiger partial charge in [-0.3, -0.25) is 4.79 Å². The highest BCUT2D eigenvalue weighted by Crippen LogP contribution is 2.30. The summed E-state index contributed by atoms with van der Waals surface area (Å²) in [6, 6.07) is 0. The number of carbonyl (C=O) groups excluding carboxylic acids is 1. The summed E-state index contributed by atoms with van der Waals surface area (Å²) in [5.41, 5.74) is 0. The van der Waals surface area contributed by atoms with Gasteiger partial charge in [-0.1, -0.05) is 39.5 Å². The summed E-state index contributed by atoms with van der Waals surface area (Å²) < 4.78 is 25.2. The van der Waals surface area contributed by atoms with E-state index in [2.05, 4.69) is 10.0 Å². The number of rotatable bonds is 8. The van der Waals surface area contributed by atoms with E-state index in [1.54, 1.807) is 6.92 Å². The molecule has 1 saturated carbocycles. The topological polar surface area (TPSA) is 75.3 Å². The third kappa shape index (κ3) is 6.38. The highest BCUT2D eigenvalue weighted by molar-refractivity contribution is 7.89. The van der Waals surface area contributed by atoms with Crippen LogP contribution in [0.25, 0.3) is 0 Å². The average Bonchev–Trinajstić information content (AvgIpc) is 2.81. The van der Waals surface area contributed by atoms with E-state index in [1.807, 2.05) is 6.92 Å². The van der Waals surface area contributed by atoms with Crippen LogP contribution >= 0.6 is 0 Å². The molecule has 2 N–H and O–H groups in total. The van der Waals surface area contributed by atoms with Gasteiger partial charge >= 0.3 is 0 Å². The number of carbonyl (C=O) groups is 1. The van der Waals surface area contributed by atoms with E-state index in [0.717, 1.165) is 6.42 Å². The fourth-order valence-corrected chi connectivity index (χ4v) is 3.58. The largest absolute Gasteiger partial charge is 0.355 e. The Morgan fingerprint density at radius 1 is 1.32 bits per heavy atom. The van der Waals surface area contributed by atoms with Gasteiger partial charge in [0.15, 0.2) is 0 Å². The summed E-state index contributed by atoms with van der Waals surface area (Å²) in [5.74, 6) is 0.567. The molecule has 1 atom stereocenters. The zero-order chi connectivity index (χ0) is 14.3. The summed E-state index contributed by atoms with van der Waals surface area (Å²) in [4.78, 5) is 11.8. The zero-order valence-electron chi connectivity index (χ0n) is 11.9. The molecule has 1 aliphatic rings. The van der Waals surface area contributed by atoms with Crippen LogP contribution in [0.2, 0.25) is 0 Å². The molecule has 1 aliphatic carbocycles. The van der Waals surface area contributed by atoms with E-state index in [4.69, 9.17) is 0 Å². The average molecular weight is 290 g/mol. The second-order valence-electron chi connectivity index (χ2n) is 5.40. The molecule has 5 nitrogen and oxygen atoms in total. The minimum atomic E-state index is -3.24. The molecule has 1 rings (SSSR count). The molecule has 1 amide bonds. The van der Waals surface area contributed by atoms with E-state index >= 15 is 0 Å². The second kappa shape index (κ2) is 7.85. The van der Waals surface area contributed by atoms with E-state index in [-0.39, 0.29) is 24.1 Å². The molecule has 0 bridgehead atoms. The third-order valence-corrected chi connectivity index (χ3v) is 5.11. The first-order valence-electron chi connectivity index (χ1n) is 7.19. The van der Waals surface area contributed by atoms with E-state index in [9.17, 15) is 13.2 Å². The Balaban J connectivity index is 2.22. The van der Waals surface area contributed by atoms with Crippen LogP contribution in [0, 0.1) is 11.8 Å². The first-order chi connectivity index (χ1) is 8.94. The molecule has 0 saturated heterocycles. The molecule has 1 fully saturated rings. The van der Waals surface area contributed by atoms with Gasteiger partial charge in [-0.05, 0) is 12.3 Å². The molecule has 0 heterocycles. The molecule has 0 aliphatic heterocycles. The molecule has 19 heavy (non-hydrogen) atoms. The molecule has 0 aromatic rings. The molecule has 0 spiro atoms. The lowest BCUT2D eigenvalue weighted by atomic mass is 9.94. The van der Waals surface area contributed by atoms with Crippen LogP contribution in [0.15, 0.2) is 0 Å². The quantitative estimate of drug-likeness (QED) is 0.706. The summed E-state index contributed by atoms with van der Waals surface area (Å²) in [6.45, 7) is 4.23. The van der Waals surface area contributed by atoms with Crippen LogP contribution in [0.4, 0.5) is 0 Å². The van der Waals surface area contributed by atoms with Gasteiger partial charge in [-0.2, -0.15) is 0 Å². The molecule has 112 valence electrons. The van der Waals surface area contributed by atoms with Gasteiger partial charge in [0.2, 0.25) is 15.9 Å². The second-order valence-corrected chi connectivity index (χ2v) is 7.32. The van der Waals surface area contributed by atoms with Crippen molar-refractivity contribution in [2.75, 3.05) is 18.8 Å². The van der Waals surface area contributed by atoms with Gasteiger partial charge < -0.3 is 5.32 Å². The highest BCUT2D eigenvalue weighted by Gasteiger charge is 2.21. The lowest BCUT2D eigenvalue weighted by Gasteiger charge is -2.16. The highest BCUT2D eigenvalue weighted by atomic mass is 32.2. The fourth-order valence-electron chi connectivity index (χ4n) is 2.63. The van der Waals surface area contributed by atoms with Crippen LogP contribution in [0.5, 0.6) is 0 Å². The smallest absolute Gasteiger partial charge is 0.222 e. The lowest BCUT2D eigenvalue weighted by molar-refractivity contribution is -0.124. The Labute approximate surface area is 116 Å². The van der Waals surface area contributed by atoms with Crippen molar-refractivity contribution in [3.63, 3.8) is 0 Å². The van der Waals surface area contributed by atoms with Crippen molar-refractivity contribution >= 4 is 15.9 Å². The van der Waals surface area contributed by atoms with Crippen molar-refractivity contribution in [2.24, 2.45) is 11.8 Å². The Morgan fingerprint density at radius 2 is 1.95 bits per heavy atom. The number of nitrogens with one attached hydrogen (secondary N) is 2. The maximum atomic E-state index is 11.8. The molecule has 1 unspecified atom stereocenters. The normalized spacial score (nSPS) is 18.4. The molecule has 0 aromatic carbocycles. The maximum absolute atomic E-state index is 11.8. The lowest BCUT2D eigenvalue weighted by Crippen LogP contribution is -2.36. The third-order valence-electron chi connectivity index (χ3n) is 3.64. The Morgan fingerprint density at radius 3 is 2.53 bits per heavy atom. The SMILES string of the molecule is CCNS(=O)(=O)CCNC(=O)C(C)CC1CCCC1. The Bertz CT molecular complexity index is 375. The minimum Gasteiger partial charge on any atom is -0.355 e. The van der Waals surface area contributed by atoms with E-state index < -0.39 is 10.0 Å². The molecule has 0 aromatic heterocycles. The molecule has 0 radical (unpaired) electrons. The Hall–Kier alpha value is -0.620. The van der Waals surface area contributed by atoms with Crippen molar-refractivity contribution in [1.29, 1.82) is 0 Å². The maximum Gasteiger partial charge on any atom is 0.222 e. The van der Waals surface area contributed by atoms with Crippen molar-refractivity contribution in [2.45, 2.75) is 46.0 Å². The predicted molar refractivity (Wildman–Crippen MR) is 76.2 cm³/mol. The van der Waals surface area contributed by atoms with Crippen LogP contribution in [-0.4, -0.2) is 33.2 Å². The molecule has 6 heteroatoms. The number of hydrogen-bond acceptors (Lipinski definition) is 3. The fraction of sp³-hybridized carbons (Fsp3) is 0.923. The zero-order valence-corrected chi connectivity index (χ0v) is 12.8. The minimum absolute atomic E-state index is 0.0232. The predicted octanol–water partition coefficient (Wildman–Crippen LogP) is 1.26. The van der Waals surface area contributed by atoms with Crippen LogP contribution in [0.1, 0.15) is 46.0 Å². The van der Waals surface area contributed by atoms with Crippen LogP contribution < -0.4 is 10.0 Å². The molecular weight excluding hydrogens is 264 g/mol. The molecular formula is C13H26N2O3S. The van der Waals surface area contributed by atoms with E-state index in [1.165, 1.54) is 25.7 Å². The Kier molecular flexibility index (Phi) is 6.79. The number of sulfonamides is 1. The monoisotopic (exact) mass is 290 g/mol. The number of hydrogen-bond donors (Lipinski definition) is 2. The van der Waals surface area contributed by atoms with Crippen molar-refractivity contribution in [3.8, 4) is 0 Å². The summed E-state index contributed by atoms with van der Waals surface area (Å²) in [7, 11) is -3.24. The standard InChI is InChI=1S/C13H26N2O3S/c1-3-15-19(17,18)9-8-14-13(16)11(2)10-12-6-4-5-7-12/h11-12,15H,3-10H2,1-2H3,(H,14,16). The van der Waals surface area contributed by atoms with Crippen molar-refractivity contribution < 1.29 is 13.2 Å². The summed E-state index contributed by atoms with van der Waals surface area (Å²) >= 11 is 0. The van der Waals surface area contributed by atoms with Gasteiger partial charge in [0.05, 0.1) is 5.75 Å². The van der Waals surface area contributed by atoms with Crippen molar-refractivity contribution in [1.82, 2.24) is 10.0 Å². The van der Waals surface area contributed by atoms with Gasteiger partial charge in [0.25, 0.3) is 0 Å². The van der Waals surface area contributed by atoms with Crippen molar-refractivity contribution in [3.05, 3.63) is 0 Å². The van der Waals surface area contributed by atoms with Crippen LogP contribution in [0.3, 0.4) is 0 Å². The van der Waals surface area contributed by atoms with Gasteiger partial charge in [0.1, 0.15) is 0 Å². The van der Waals surface area contributed by atoms with E-state index in [0.29, 0.717) is 12.5 Å². The van der Waals surface area contributed by atoms with Gasteiger partial charge in [0, 0.05) is 19.0 Å². The van der Waals surface area contributed by atoms with Crippen LogP contribution in [-0.2, 0) is 14.8 Å². The van der Waals surface area contributed by atoms with Gasteiger partial charge in [-0.15, -0.1) is 0 Å². The summed E-state index contributed by atoms with van der Waals surface area (Å²) in [6.07, 6.45) is 5.94. The first kappa shape index (κ1) is 16.4. The number of amides is 1. The first-order valence-corrected chi connectivity index (χ1v) is 8.85.